The lowest BCUT2D eigenvalue weighted by molar-refractivity contribution is 0.278. The average molecular weight is 283 g/mol. The molecule has 0 radical (unpaired) electrons. The summed E-state index contributed by atoms with van der Waals surface area (Å²) in [5, 5.41) is 0. The molecule has 0 spiro atoms. The Kier molecular flexibility index (Phi) is 4.15. The second-order valence-corrected chi connectivity index (χ2v) is 5.51. The molecular weight excluding hydrogens is 262 g/mol. The maximum atomic E-state index is 5.21. The van der Waals surface area contributed by atoms with Crippen LogP contribution in [0.15, 0.2) is 30.6 Å². The Hall–Kier alpha value is -1.94. The molecule has 110 valence electrons. The molecule has 0 atom stereocenters. The average Bonchev–Trinajstić information content (AvgIpc) is 2.72. The van der Waals surface area contributed by atoms with Gasteiger partial charge in [0.2, 0.25) is 0 Å². The highest BCUT2D eigenvalue weighted by Gasteiger charge is 2.16. The van der Waals surface area contributed by atoms with Crippen molar-refractivity contribution in [3.63, 3.8) is 0 Å². The van der Waals surface area contributed by atoms with Crippen molar-refractivity contribution in [2.75, 3.05) is 20.2 Å². The molecule has 0 N–H and O–H groups in total. The van der Waals surface area contributed by atoms with Crippen LogP contribution in [0, 0.1) is 6.92 Å². The Bertz CT molecular complexity index is 610. The number of fused-ring (bicyclic) bond motifs is 1. The fraction of sp³-hybridized carbons (Fsp3) is 0.412. The van der Waals surface area contributed by atoms with Gasteiger partial charge in [0.05, 0.1) is 7.11 Å². The fourth-order valence-electron chi connectivity index (χ4n) is 2.88. The number of aromatic nitrogens is 2. The Morgan fingerprint density at radius 3 is 2.62 bits per heavy atom. The summed E-state index contributed by atoms with van der Waals surface area (Å²) < 4.78 is 5.21. The first kappa shape index (κ1) is 14.0. The molecule has 0 bridgehead atoms. The standard InChI is InChI=1S/C17H21N3O/c1-13-16-7-9-20(10-8-17(16)19-12-18-13)11-14-3-5-15(21-2)6-4-14/h3-6,12H,7-11H2,1-2H3. The molecule has 3 rings (SSSR count). The van der Waals surface area contributed by atoms with Gasteiger partial charge >= 0.3 is 0 Å². The maximum Gasteiger partial charge on any atom is 0.118 e. The van der Waals surface area contributed by atoms with Gasteiger partial charge < -0.3 is 4.74 Å². The second kappa shape index (κ2) is 6.22. The molecule has 4 nitrogen and oxygen atoms in total. The number of methoxy groups -OCH3 is 1. The van der Waals surface area contributed by atoms with Crippen LogP contribution in [-0.2, 0) is 19.4 Å². The first-order valence-electron chi connectivity index (χ1n) is 7.41. The zero-order chi connectivity index (χ0) is 14.7. The van der Waals surface area contributed by atoms with Crippen LogP contribution in [0.5, 0.6) is 5.75 Å². The quantitative estimate of drug-likeness (QED) is 0.867. The summed E-state index contributed by atoms with van der Waals surface area (Å²) in [6.45, 7) is 5.17. The van der Waals surface area contributed by atoms with Gasteiger partial charge in [-0.1, -0.05) is 12.1 Å². The number of nitrogens with zero attached hydrogens (tertiary/aromatic N) is 3. The molecule has 0 saturated carbocycles. The molecule has 1 aliphatic rings. The first-order valence-corrected chi connectivity index (χ1v) is 7.41. The van der Waals surface area contributed by atoms with E-state index in [1.165, 1.54) is 16.8 Å². The van der Waals surface area contributed by atoms with Crippen LogP contribution >= 0.6 is 0 Å². The summed E-state index contributed by atoms with van der Waals surface area (Å²) in [6.07, 6.45) is 3.74. The Morgan fingerprint density at radius 1 is 1.10 bits per heavy atom. The molecule has 2 aromatic rings. The fourth-order valence-corrected chi connectivity index (χ4v) is 2.88. The van der Waals surface area contributed by atoms with E-state index >= 15 is 0 Å². The molecule has 1 aliphatic heterocycles. The van der Waals surface area contributed by atoms with E-state index in [2.05, 4.69) is 33.9 Å². The van der Waals surface area contributed by atoms with Crippen molar-refractivity contribution in [2.45, 2.75) is 26.3 Å². The SMILES string of the molecule is COc1ccc(CN2CCc3ncnc(C)c3CC2)cc1. The topological polar surface area (TPSA) is 38.2 Å². The van der Waals surface area contributed by atoms with Crippen molar-refractivity contribution in [2.24, 2.45) is 0 Å². The molecule has 0 saturated heterocycles. The van der Waals surface area contributed by atoms with E-state index in [0.29, 0.717) is 0 Å². The van der Waals surface area contributed by atoms with Crippen molar-refractivity contribution < 1.29 is 4.74 Å². The monoisotopic (exact) mass is 283 g/mol. The second-order valence-electron chi connectivity index (χ2n) is 5.51. The van der Waals surface area contributed by atoms with Crippen molar-refractivity contribution in [3.05, 3.63) is 53.1 Å². The van der Waals surface area contributed by atoms with E-state index in [4.69, 9.17) is 4.74 Å². The van der Waals surface area contributed by atoms with Gasteiger partial charge in [-0.05, 0) is 36.6 Å². The van der Waals surface area contributed by atoms with Gasteiger partial charge in [-0.3, -0.25) is 4.90 Å². The predicted molar refractivity (Wildman–Crippen MR) is 82.4 cm³/mol. The molecule has 1 aromatic carbocycles. The molecule has 4 heteroatoms. The number of rotatable bonds is 3. The van der Waals surface area contributed by atoms with Gasteiger partial charge in [-0.25, -0.2) is 9.97 Å². The minimum absolute atomic E-state index is 0.910. The van der Waals surface area contributed by atoms with Crippen LogP contribution in [0.2, 0.25) is 0 Å². The zero-order valence-electron chi connectivity index (χ0n) is 12.7. The smallest absolute Gasteiger partial charge is 0.118 e. The summed E-state index contributed by atoms with van der Waals surface area (Å²) in [5.74, 6) is 0.910. The molecule has 1 aromatic heterocycles. The van der Waals surface area contributed by atoms with Crippen LogP contribution in [0.4, 0.5) is 0 Å². The largest absolute Gasteiger partial charge is 0.497 e. The highest BCUT2D eigenvalue weighted by atomic mass is 16.5. The number of hydrogen-bond donors (Lipinski definition) is 0. The number of aryl methyl sites for hydroxylation is 1. The van der Waals surface area contributed by atoms with Crippen molar-refractivity contribution in [3.8, 4) is 5.75 Å². The molecule has 0 aliphatic carbocycles. The third-order valence-corrected chi connectivity index (χ3v) is 4.16. The summed E-state index contributed by atoms with van der Waals surface area (Å²) >= 11 is 0. The van der Waals surface area contributed by atoms with E-state index in [1.54, 1.807) is 13.4 Å². The van der Waals surface area contributed by atoms with Gasteiger partial charge in [-0.15, -0.1) is 0 Å². The summed E-state index contributed by atoms with van der Waals surface area (Å²) in [4.78, 5) is 11.3. The van der Waals surface area contributed by atoms with Gasteiger partial charge in [-0.2, -0.15) is 0 Å². The minimum atomic E-state index is 0.910. The normalized spacial score (nSPS) is 15.3. The lowest BCUT2D eigenvalue weighted by atomic mass is 10.1. The summed E-state index contributed by atoms with van der Waals surface area (Å²) in [6, 6.07) is 8.33. The van der Waals surface area contributed by atoms with Crippen LogP contribution in [-0.4, -0.2) is 35.1 Å². The van der Waals surface area contributed by atoms with Gasteiger partial charge in [0.25, 0.3) is 0 Å². The Balaban J connectivity index is 1.67. The maximum absolute atomic E-state index is 5.21. The van der Waals surface area contributed by atoms with Crippen molar-refractivity contribution in [1.82, 2.24) is 14.9 Å². The van der Waals surface area contributed by atoms with Crippen LogP contribution in [0.1, 0.15) is 22.5 Å². The summed E-state index contributed by atoms with van der Waals surface area (Å²) in [7, 11) is 1.70. The predicted octanol–water partition coefficient (Wildman–Crippen LogP) is 2.39. The molecule has 0 unspecified atom stereocenters. The number of hydrogen-bond acceptors (Lipinski definition) is 4. The van der Waals surface area contributed by atoms with Gasteiger partial charge in [0.1, 0.15) is 12.1 Å². The van der Waals surface area contributed by atoms with E-state index in [9.17, 15) is 0 Å². The van der Waals surface area contributed by atoms with Crippen LogP contribution in [0.25, 0.3) is 0 Å². The van der Waals surface area contributed by atoms with Crippen molar-refractivity contribution >= 4 is 0 Å². The third kappa shape index (κ3) is 3.22. The number of ether oxygens (including phenoxy) is 1. The highest BCUT2D eigenvalue weighted by molar-refractivity contribution is 5.28. The van der Waals surface area contributed by atoms with E-state index in [0.717, 1.165) is 43.9 Å². The molecule has 0 fully saturated rings. The molecule has 2 heterocycles. The van der Waals surface area contributed by atoms with Crippen LogP contribution in [0.3, 0.4) is 0 Å². The molecular formula is C17H21N3O. The molecule has 21 heavy (non-hydrogen) atoms. The van der Waals surface area contributed by atoms with E-state index in [1.807, 2.05) is 12.1 Å². The van der Waals surface area contributed by atoms with Gasteiger partial charge in [0, 0.05) is 37.4 Å². The van der Waals surface area contributed by atoms with E-state index < -0.39 is 0 Å². The summed E-state index contributed by atoms with van der Waals surface area (Å²) in [5.41, 5.74) is 5.02. The molecule has 0 amide bonds. The Morgan fingerprint density at radius 2 is 1.86 bits per heavy atom. The minimum Gasteiger partial charge on any atom is -0.497 e. The lowest BCUT2D eigenvalue weighted by Gasteiger charge is -2.19. The Labute approximate surface area is 125 Å². The van der Waals surface area contributed by atoms with Crippen LogP contribution < -0.4 is 4.74 Å². The highest BCUT2D eigenvalue weighted by Crippen LogP contribution is 2.18. The third-order valence-electron chi connectivity index (χ3n) is 4.16. The van der Waals surface area contributed by atoms with Crippen molar-refractivity contribution in [1.29, 1.82) is 0 Å². The van der Waals surface area contributed by atoms with Gasteiger partial charge in [0.15, 0.2) is 0 Å². The first-order chi connectivity index (χ1) is 10.3. The van der Waals surface area contributed by atoms with E-state index in [-0.39, 0.29) is 0 Å². The lowest BCUT2D eigenvalue weighted by Crippen LogP contribution is -2.25. The zero-order valence-corrected chi connectivity index (χ0v) is 12.7. The number of benzene rings is 1.